The molecule has 0 spiro atoms. The summed E-state index contributed by atoms with van der Waals surface area (Å²) in [5.41, 5.74) is -0.138. The Morgan fingerprint density at radius 2 is 1.85 bits per heavy atom. The second kappa shape index (κ2) is 11.8. The number of hydrogen-bond donors (Lipinski definition) is 3. The third kappa shape index (κ3) is 7.21. The van der Waals surface area contributed by atoms with Crippen LogP contribution in [-0.2, 0) is 6.18 Å². The number of halogens is 3. The average Bonchev–Trinajstić information content (AvgIpc) is 3.69. The van der Waals surface area contributed by atoms with E-state index < -0.39 is 23.8 Å². The number of hydrogen-bond acceptors (Lipinski definition) is 5. The maximum atomic E-state index is 13.6. The first-order chi connectivity index (χ1) is 18.5. The molecule has 4 rings (SSSR count). The van der Waals surface area contributed by atoms with Crippen LogP contribution in [0.15, 0.2) is 42.5 Å². The van der Waals surface area contributed by atoms with E-state index in [0.717, 1.165) is 18.7 Å². The van der Waals surface area contributed by atoms with Gasteiger partial charge in [-0.25, -0.2) is 4.79 Å². The maximum Gasteiger partial charge on any atom is 0.416 e. The number of rotatable bonds is 8. The van der Waals surface area contributed by atoms with Crippen LogP contribution in [0.5, 0.6) is 5.75 Å². The van der Waals surface area contributed by atoms with Gasteiger partial charge in [-0.2, -0.15) is 13.2 Å². The van der Waals surface area contributed by atoms with Crippen molar-refractivity contribution < 1.29 is 32.6 Å². The number of ether oxygens (including phenoxy) is 1. The number of alkyl halides is 3. The Balaban J connectivity index is 1.59. The molecule has 39 heavy (non-hydrogen) atoms. The molecule has 3 N–H and O–H groups in total. The molecule has 3 atom stereocenters. The summed E-state index contributed by atoms with van der Waals surface area (Å²) in [6, 6.07) is 7.83. The van der Waals surface area contributed by atoms with Crippen LogP contribution < -0.4 is 15.4 Å². The quantitative estimate of drug-likeness (QED) is 0.436. The van der Waals surface area contributed by atoms with E-state index >= 15 is 0 Å². The molecule has 2 aliphatic rings. The van der Waals surface area contributed by atoms with Gasteiger partial charge in [-0.15, -0.1) is 0 Å². The molecule has 1 saturated carbocycles. The predicted molar refractivity (Wildman–Crippen MR) is 142 cm³/mol. The van der Waals surface area contributed by atoms with Gasteiger partial charge < -0.3 is 30.3 Å². The first-order valence-corrected chi connectivity index (χ1v) is 13.1. The molecular formula is C28H35F3N4O4. The van der Waals surface area contributed by atoms with Crippen LogP contribution in [0.4, 0.5) is 29.3 Å². The molecule has 1 fully saturated rings. The van der Waals surface area contributed by atoms with Gasteiger partial charge in [-0.05, 0) is 69.1 Å². The molecule has 0 bridgehead atoms. The van der Waals surface area contributed by atoms with Crippen molar-refractivity contribution in [3.63, 3.8) is 0 Å². The molecule has 0 radical (unpaired) electrons. The standard InChI is InChI=1S/C28H35F3N4O4/c1-17-13-35(18(2)16-36)26(37)22-5-4-6-23(25(22)39-24(17)15-34(3)14-19-7-8-19)33-27(38)32-21-11-9-20(10-12-21)28(29,30)31/h4-6,9-12,17-19,24,36H,7-8,13-16H2,1-3H3,(H2,32,33,38)/t17-,18+,24-/m0/s1. The van der Waals surface area contributed by atoms with Crippen LogP contribution in [0, 0.1) is 11.8 Å². The van der Waals surface area contributed by atoms with Gasteiger partial charge in [-0.1, -0.05) is 13.0 Å². The first kappa shape index (κ1) is 28.7. The molecule has 2 aromatic carbocycles. The summed E-state index contributed by atoms with van der Waals surface area (Å²) in [6.07, 6.45) is -2.36. The van der Waals surface area contributed by atoms with Crippen LogP contribution in [0.3, 0.4) is 0 Å². The average molecular weight is 549 g/mol. The van der Waals surface area contributed by atoms with Crippen molar-refractivity contribution in [3.05, 3.63) is 53.6 Å². The van der Waals surface area contributed by atoms with Crippen LogP contribution >= 0.6 is 0 Å². The number of para-hydroxylation sites is 1. The summed E-state index contributed by atoms with van der Waals surface area (Å²) in [4.78, 5) is 30.2. The zero-order valence-electron chi connectivity index (χ0n) is 22.3. The zero-order chi connectivity index (χ0) is 28.3. The van der Waals surface area contributed by atoms with Gasteiger partial charge in [0.1, 0.15) is 6.10 Å². The lowest BCUT2D eigenvalue weighted by Gasteiger charge is -2.38. The predicted octanol–water partition coefficient (Wildman–Crippen LogP) is 4.91. The topological polar surface area (TPSA) is 94.1 Å². The fourth-order valence-corrected chi connectivity index (χ4v) is 4.71. The molecule has 1 aliphatic heterocycles. The highest BCUT2D eigenvalue weighted by molar-refractivity contribution is 6.04. The summed E-state index contributed by atoms with van der Waals surface area (Å²) in [5.74, 6) is 0.503. The van der Waals surface area contributed by atoms with E-state index in [9.17, 15) is 27.9 Å². The number of fused-ring (bicyclic) bond motifs is 1. The number of anilines is 2. The van der Waals surface area contributed by atoms with E-state index in [2.05, 4.69) is 15.5 Å². The lowest BCUT2D eigenvalue weighted by atomic mass is 9.99. The summed E-state index contributed by atoms with van der Waals surface area (Å²) < 4.78 is 45.1. The molecule has 0 saturated heterocycles. The Labute approximate surface area is 226 Å². The molecular weight excluding hydrogens is 513 g/mol. The number of aliphatic hydroxyl groups excluding tert-OH is 1. The maximum absolute atomic E-state index is 13.6. The van der Waals surface area contributed by atoms with Crippen LogP contribution in [-0.4, -0.2) is 72.3 Å². The summed E-state index contributed by atoms with van der Waals surface area (Å²) in [6.45, 7) is 5.53. The number of carbonyl (C=O) groups is 2. The van der Waals surface area contributed by atoms with Crippen LogP contribution in [0.1, 0.15) is 42.6 Å². The van der Waals surface area contributed by atoms with Gasteiger partial charge in [-0.3, -0.25) is 4.79 Å². The molecule has 3 amide bonds. The molecule has 1 aliphatic carbocycles. The van der Waals surface area contributed by atoms with E-state index in [1.165, 1.54) is 25.0 Å². The first-order valence-electron chi connectivity index (χ1n) is 13.1. The molecule has 0 aromatic heterocycles. The summed E-state index contributed by atoms with van der Waals surface area (Å²) in [7, 11) is 2.04. The van der Waals surface area contributed by atoms with Gasteiger partial charge in [0.15, 0.2) is 5.75 Å². The number of amides is 3. The highest BCUT2D eigenvalue weighted by Crippen LogP contribution is 2.36. The number of aliphatic hydroxyl groups is 1. The zero-order valence-corrected chi connectivity index (χ0v) is 22.3. The number of nitrogens with zero attached hydrogens (tertiary/aromatic N) is 2. The molecule has 8 nitrogen and oxygen atoms in total. The fourth-order valence-electron chi connectivity index (χ4n) is 4.71. The molecule has 1 heterocycles. The largest absolute Gasteiger partial charge is 0.486 e. The Morgan fingerprint density at radius 1 is 1.15 bits per heavy atom. The van der Waals surface area contributed by atoms with E-state index in [4.69, 9.17) is 4.74 Å². The van der Waals surface area contributed by atoms with Crippen molar-refractivity contribution in [1.82, 2.24) is 9.80 Å². The van der Waals surface area contributed by atoms with Crippen molar-refractivity contribution in [1.29, 1.82) is 0 Å². The number of carbonyl (C=O) groups excluding carboxylic acids is 2. The number of nitrogens with one attached hydrogen (secondary N) is 2. The van der Waals surface area contributed by atoms with Gasteiger partial charge in [0.05, 0.1) is 29.5 Å². The SMILES string of the molecule is C[C@H](CO)N1C[C@H](C)[C@H](CN(C)CC2CC2)Oc2c(NC(=O)Nc3ccc(C(F)(F)F)cc3)cccc2C1=O. The fraction of sp³-hybridized carbons (Fsp3) is 0.500. The van der Waals surface area contributed by atoms with Crippen LogP contribution in [0.25, 0.3) is 0 Å². The molecule has 0 unspecified atom stereocenters. The summed E-state index contributed by atoms with van der Waals surface area (Å²) in [5, 5.41) is 15.0. The monoisotopic (exact) mass is 548 g/mol. The molecule has 212 valence electrons. The Bertz CT molecular complexity index is 1170. The summed E-state index contributed by atoms with van der Waals surface area (Å²) >= 11 is 0. The van der Waals surface area contributed by atoms with Crippen LogP contribution in [0.2, 0.25) is 0 Å². The van der Waals surface area contributed by atoms with Gasteiger partial charge in [0.25, 0.3) is 5.91 Å². The molecule has 2 aromatic rings. The van der Waals surface area contributed by atoms with Crippen molar-refractivity contribution >= 4 is 23.3 Å². The second-order valence-corrected chi connectivity index (χ2v) is 10.6. The van der Waals surface area contributed by atoms with Crippen molar-refractivity contribution in [2.75, 3.05) is 43.9 Å². The lowest BCUT2D eigenvalue weighted by Crippen LogP contribution is -2.50. The normalized spacial score (nSPS) is 20.5. The van der Waals surface area contributed by atoms with Crippen molar-refractivity contribution in [2.45, 2.75) is 45.0 Å². The van der Waals surface area contributed by atoms with E-state index in [-0.39, 0.29) is 47.2 Å². The van der Waals surface area contributed by atoms with Gasteiger partial charge in [0.2, 0.25) is 0 Å². The number of benzene rings is 2. The van der Waals surface area contributed by atoms with E-state index in [1.807, 2.05) is 14.0 Å². The van der Waals surface area contributed by atoms with E-state index in [1.54, 1.807) is 30.0 Å². The lowest BCUT2D eigenvalue weighted by molar-refractivity contribution is -0.137. The number of urea groups is 1. The van der Waals surface area contributed by atoms with Crippen molar-refractivity contribution in [2.24, 2.45) is 11.8 Å². The third-order valence-electron chi connectivity index (χ3n) is 7.17. The molecule has 11 heteroatoms. The smallest absolute Gasteiger partial charge is 0.416 e. The minimum Gasteiger partial charge on any atom is -0.486 e. The minimum atomic E-state index is -4.48. The minimum absolute atomic E-state index is 0.0771. The Hall–Kier alpha value is -3.31. The van der Waals surface area contributed by atoms with Crippen molar-refractivity contribution in [3.8, 4) is 5.75 Å². The second-order valence-electron chi connectivity index (χ2n) is 10.6. The Morgan fingerprint density at radius 3 is 2.46 bits per heavy atom. The van der Waals surface area contributed by atoms with Gasteiger partial charge >= 0.3 is 12.2 Å². The highest BCUT2D eigenvalue weighted by Gasteiger charge is 2.35. The number of likely N-dealkylation sites (N-methyl/N-ethyl adjacent to an activating group) is 1. The van der Waals surface area contributed by atoms with Gasteiger partial charge in [0, 0.05) is 31.2 Å². The van der Waals surface area contributed by atoms with E-state index in [0.29, 0.717) is 19.0 Å². The highest BCUT2D eigenvalue weighted by atomic mass is 19.4. The Kier molecular flexibility index (Phi) is 8.70. The third-order valence-corrected chi connectivity index (χ3v) is 7.17.